The van der Waals surface area contributed by atoms with Crippen molar-refractivity contribution in [3.05, 3.63) is 41.6 Å². The molecule has 3 heteroatoms. The zero-order chi connectivity index (χ0) is 12.3. The number of H-pyrrole nitrogens is 1. The summed E-state index contributed by atoms with van der Waals surface area (Å²) in [7, 11) is 0. The number of para-hydroxylation sites is 1. The number of benzene rings is 1. The van der Waals surface area contributed by atoms with Crippen molar-refractivity contribution in [3.63, 3.8) is 0 Å². The van der Waals surface area contributed by atoms with Gasteiger partial charge in [-0.15, -0.1) is 0 Å². The number of hydroxylamine groups is 1. The van der Waals surface area contributed by atoms with Gasteiger partial charge in [0.2, 0.25) is 0 Å². The van der Waals surface area contributed by atoms with Crippen LogP contribution in [0.3, 0.4) is 0 Å². The van der Waals surface area contributed by atoms with Crippen LogP contribution in [0.4, 0.5) is 0 Å². The van der Waals surface area contributed by atoms with E-state index in [-0.39, 0.29) is 0 Å². The van der Waals surface area contributed by atoms with Crippen LogP contribution in [0.2, 0.25) is 0 Å². The third kappa shape index (κ3) is 2.19. The minimum absolute atomic E-state index is 0.779. The summed E-state index contributed by atoms with van der Waals surface area (Å²) >= 11 is 0. The van der Waals surface area contributed by atoms with E-state index in [9.17, 15) is 5.21 Å². The summed E-state index contributed by atoms with van der Waals surface area (Å²) in [6.45, 7) is 4.14. The molecule has 0 bridgehead atoms. The number of aryl methyl sites for hydroxylation is 1. The van der Waals surface area contributed by atoms with Crippen LogP contribution in [0.25, 0.3) is 16.6 Å². The first-order valence-electron chi connectivity index (χ1n) is 5.95. The second-order valence-corrected chi connectivity index (χ2v) is 4.19. The number of aromatic amines is 1. The number of allylic oxidation sites excluding steroid dienone is 1. The van der Waals surface area contributed by atoms with Gasteiger partial charge >= 0.3 is 0 Å². The van der Waals surface area contributed by atoms with Gasteiger partial charge in [0.15, 0.2) is 0 Å². The lowest BCUT2D eigenvalue weighted by Crippen LogP contribution is -2.06. The predicted molar refractivity (Wildman–Crippen MR) is 70.8 cm³/mol. The van der Waals surface area contributed by atoms with E-state index in [0.29, 0.717) is 0 Å². The molecule has 0 radical (unpaired) electrons. The van der Waals surface area contributed by atoms with E-state index in [2.05, 4.69) is 23.5 Å². The number of hydrogen-bond acceptors (Lipinski definition) is 2. The molecular weight excluding hydrogens is 212 g/mol. The zero-order valence-electron chi connectivity index (χ0n) is 10.2. The largest absolute Gasteiger partial charge is 0.358 e. The molecule has 0 atom stereocenters. The normalized spacial score (nSPS) is 12.1. The molecule has 0 saturated carbocycles. The van der Waals surface area contributed by atoms with E-state index >= 15 is 0 Å². The molecule has 2 aromatic rings. The van der Waals surface area contributed by atoms with Crippen molar-refractivity contribution < 1.29 is 5.21 Å². The zero-order valence-corrected chi connectivity index (χ0v) is 10.2. The van der Waals surface area contributed by atoms with E-state index < -0.39 is 0 Å². The monoisotopic (exact) mass is 230 g/mol. The number of aromatic nitrogens is 1. The van der Waals surface area contributed by atoms with E-state index in [1.165, 1.54) is 0 Å². The lowest BCUT2D eigenvalue weighted by atomic mass is 10.1. The SMILES string of the molecule is CCC/C=C(/NO)c1c(C)[nH]c2ccccc12. The number of hydrogen-bond donors (Lipinski definition) is 3. The minimum atomic E-state index is 0.779. The Kier molecular flexibility index (Phi) is 3.49. The molecule has 1 aromatic carbocycles. The quantitative estimate of drug-likeness (QED) is 0.703. The highest BCUT2D eigenvalue weighted by Gasteiger charge is 2.11. The molecule has 0 spiro atoms. The maximum absolute atomic E-state index is 9.28. The maximum Gasteiger partial charge on any atom is 0.0658 e. The molecule has 3 N–H and O–H groups in total. The molecule has 1 heterocycles. The molecule has 0 aliphatic rings. The molecule has 2 rings (SSSR count). The molecule has 0 fully saturated rings. The summed E-state index contributed by atoms with van der Waals surface area (Å²) in [6.07, 6.45) is 4.04. The molecule has 0 unspecified atom stereocenters. The third-order valence-corrected chi connectivity index (χ3v) is 2.92. The summed E-state index contributed by atoms with van der Waals surface area (Å²) in [5.74, 6) is 0. The Morgan fingerprint density at radius 3 is 2.88 bits per heavy atom. The molecule has 0 aliphatic carbocycles. The van der Waals surface area contributed by atoms with E-state index in [0.717, 1.165) is 40.7 Å². The fraction of sp³-hybridized carbons (Fsp3) is 0.286. The second-order valence-electron chi connectivity index (χ2n) is 4.19. The standard InChI is InChI=1S/C14H18N2O/c1-3-4-8-13(16-17)14-10(2)15-12-9-6-5-7-11(12)14/h5-9,15-17H,3-4H2,1-2H3/b13-8+. The van der Waals surface area contributed by atoms with E-state index in [1.54, 1.807) is 0 Å². The smallest absolute Gasteiger partial charge is 0.0658 e. The number of nitrogens with one attached hydrogen (secondary N) is 2. The van der Waals surface area contributed by atoms with Crippen LogP contribution in [-0.4, -0.2) is 10.2 Å². The second kappa shape index (κ2) is 5.06. The van der Waals surface area contributed by atoms with Gasteiger partial charge in [0.05, 0.1) is 5.70 Å². The van der Waals surface area contributed by atoms with Gasteiger partial charge in [0.1, 0.15) is 0 Å². The summed E-state index contributed by atoms with van der Waals surface area (Å²) in [5, 5.41) is 10.4. The van der Waals surface area contributed by atoms with Crippen molar-refractivity contribution in [2.24, 2.45) is 0 Å². The van der Waals surface area contributed by atoms with Crippen LogP contribution in [0.1, 0.15) is 31.0 Å². The fourth-order valence-corrected chi connectivity index (χ4v) is 2.12. The fourth-order valence-electron chi connectivity index (χ4n) is 2.12. The van der Waals surface area contributed by atoms with Crippen LogP contribution in [0, 0.1) is 6.92 Å². The van der Waals surface area contributed by atoms with Gasteiger partial charge in [0, 0.05) is 22.2 Å². The Balaban J connectivity index is 2.56. The van der Waals surface area contributed by atoms with Crippen LogP contribution >= 0.6 is 0 Å². The van der Waals surface area contributed by atoms with Crippen LogP contribution < -0.4 is 5.48 Å². The lowest BCUT2D eigenvalue weighted by Gasteiger charge is -2.06. The predicted octanol–water partition coefficient (Wildman–Crippen LogP) is 3.60. The Bertz CT molecular complexity index is 540. The third-order valence-electron chi connectivity index (χ3n) is 2.92. The molecule has 3 nitrogen and oxygen atoms in total. The summed E-state index contributed by atoms with van der Waals surface area (Å²) in [6, 6.07) is 8.11. The average molecular weight is 230 g/mol. The lowest BCUT2D eigenvalue weighted by molar-refractivity contribution is 0.224. The van der Waals surface area contributed by atoms with Gasteiger partial charge in [-0.2, -0.15) is 0 Å². The van der Waals surface area contributed by atoms with Crippen molar-refractivity contribution in [1.82, 2.24) is 10.5 Å². The Morgan fingerprint density at radius 1 is 1.41 bits per heavy atom. The number of unbranched alkanes of at least 4 members (excludes halogenated alkanes) is 1. The maximum atomic E-state index is 9.28. The van der Waals surface area contributed by atoms with Crippen molar-refractivity contribution in [2.45, 2.75) is 26.7 Å². The van der Waals surface area contributed by atoms with Crippen molar-refractivity contribution in [2.75, 3.05) is 0 Å². The first-order chi connectivity index (χ1) is 8.27. The van der Waals surface area contributed by atoms with Gasteiger partial charge in [0.25, 0.3) is 0 Å². The van der Waals surface area contributed by atoms with Gasteiger partial charge in [-0.05, 0) is 19.4 Å². The molecule has 0 saturated heterocycles. The Morgan fingerprint density at radius 2 is 2.18 bits per heavy atom. The van der Waals surface area contributed by atoms with Crippen LogP contribution in [0.5, 0.6) is 0 Å². The molecule has 0 aliphatic heterocycles. The van der Waals surface area contributed by atoms with Crippen molar-refractivity contribution in [3.8, 4) is 0 Å². The summed E-state index contributed by atoms with van der Waals surface area (Å²) < 4.78 is 0. The highest BCUT2D eigenvalue weighted by molar-refractivity contribution is 5.93. The van der Waals surface area contributed by atoms with Gasteiger partial charge in [-0.1, -0.05) is 37.6 Å². The van der Waals surface area contributed by atoms with Gasteiger partial charge in [-0.25, -0.2) is 0 Å². The highest BCUT2D eigenvalue weighted by atomic mass is 16.5. The van der Waals surface area contributed by atoms with E-state index in [1.807, 2.05) is 31.2 Å². The molecule has 0 amide bonds. The summed E-state index contributed by atoms with van der Waals surface area (Å²) in [4.78, 5) is 3.33. The Hall–Kier alpha value is -1.74. The molecule has 90 valence electrons. The highest BCUT2D eigenvalue weighted by Crippen LogP contribution is 2.27. The summed E-state index contributed by atoms with van der Waals surface area (Å²) in [5.41, 5.74) is 6.31. The minimum Gasteiger partial charge on any atom is -0.358 e. The van der Waals surface area contributed by atoms with Gasteiger partial charge < -0.3 is 4.98 Å². The van der Waals surface area contributed by atoms with Crippen LogP contribution in [-0.2, 0) is 0 Å². The Labute approximate surface area is 101 Å². The van der Waals surface area contributed by atoms with Crippen molar-refractivity contribution in [1.29, 1.82) is 0 Å². The van der Waals surface area contributed by atoms with Gasteiger partial charge in [-0.3, -0.25) is 10.7 Å². The average Bonchev–Trinajstić information content (AvgIpc) is 2.67. The molecular formula is C14H18N2O. The molecule has 17 heavy (non-hydrogen) atoms. The van der Waals surface area contributed by atoms with Crippen molar-refractivity contribution >= 4 is 16.6 Å². The first-order valence-corrected chi connectivity index (χ1v) is 5.95. The molecule has 1 aromatic heterocycles. The number of fused-ring (bicyclic) bond motifs is 1. The first kappa shape index (κ1) is 11.7. The topological polar surface area (TPSA) is 48.0 Å². The van der Waals surface area contributed by atoms with E-state index in [4.69, 9.17) is 0 Å². The number of rotatable bonds is 4. The van der Waals surface area contributed by atoms with Crippen LogP contribution in [0.15, 0.2) is 30.3 Å².